The lowest BCUT2D eigenvalue weighted by molar-refractivity contribution is -0.128. The summed E-state index contributed by atoms with van der Waals surface area (Å²) in [6.07, 6.45) is 0. The Hall–Kier alpha value is 0.110. The molecule has 1 fully saturated rings. The molecule has 1 heterocycles. The minimum atomic E-state index is 0.0713. The van der Waals surface area contributed by atoms with E-state index in [1.165, 1.54) is 0 Å². The number of hydrogen-bond donors (Lipinski definition) is 0. The normalized spacial score (nSPS) is 19.1. The first-order valence-corrected chi connectivity index (χ1v) is 4.95. The standard InChI is InChI=1S/C6H10ClNOS/c7-5-6(9)8-1-3-10-4-2-8/h1-5H2. The highest BCUT2D eigenvalue weighted by atomic mass is 35.5. The molecule has 1 aliphatic heterocycles. The number of nitrogens with zero attached hydrogens (tertiary/aromatic N) is 1. The number of amides is 1. The van der Waals surface area contributed by atoms with Gasteiger partial charge in [0, 0.05) is 24.6 Å². The Morgan fingerprint density at radius 3 is 2.60 bits per heavy atom. The predicted molar refractivity (Wildman–Crippen MR) is 44.6 cm³/mol. The molecular weight excluding hydrogens is 170 g/mol. The van der Waals surface area contributed by atoms with Crippen LogP contribution in [0.4, 0.5) is 0 Å². The third kappa shape index (κ3) is 2.06. The lowest BCUT2D eigenvalue weighted by Gasteiger charge is -2.25. The first-order valence-electron chi connectivity index (χ1n) is 3.26. The molecule has 0 aromatic heterocycles. The van der Waals surface area contributed by atoms with E-state index in [1.54, 1.807) is 0 Å². The van der Waals surface area contributed by atoms with E-state index in [-0.39, 0.29) is 11.8 Å². The molecule has 0 spiro atoms. The van der Waals surface area contributed by atoms with Gasteiger partial charge in [-0.2, -0.15) is 11.8 Å². The zero-order chi connectivity index (χ0) is 7.40. The maximum absolute atomic E-state index is 11.0. The van der Waals surface area contributed by atoms with Crippen LogP contribution in [0.5, 0.6) is 0 Å². The fourth-order valence-corrected chi connectivity index (χ4v) is 1.97. The van der Waals surface area contributed by atoms with Crippen LogP contribution in [0.15, 0.2) is 0 Å². The molecule has 4 heteroatoms. The summed E-state index contributed by atoms with van der Waals surface area (Å²) in [6, 6.07) is 0. The van der Waals surface area contributed by atoms with Crippen molar-refractivity contribution in [3.8, 4) is 0 Å². The summed E-state index contributed by atoms with van der Waals surface area (Å²) >= 11 is 7.28. The second-order valence-electron chi connectivity index (χ2n) is 2.13. The van der Waals surface area contributed by atoms with Crippen molar-refractivity contribution in [1.82, 2.24) is 4.90 Å². The van der Waals surface area contributed by atoms with Crippen LogP contribution in [0.2, 0.25) is 0 Å². The van der Waals surface area contributed by atoms with E-state index in [1.807, 2.05) is 16.7 Å². The molecule has 0 saturated carbocycles. The van der Waals surface area contributed by atoms with Gasteiger partial charge in [0.2, 0.25) is 5.91 Å². The van der Waals surface area contributed by atoms with Crippen molar-refractivity contribution in [1.29, 1.82) is 0 Å². The predicted octanol–water partition coefficient (Wildman–Crippen LogP) is 0.801. The van der Waals surface area contributed by atoms with Gasteiger partial charge in [-0.25, -0.2) is 0 Å². The van der Waals surface area contributed by atoms with Crippen LogP contribution < -0.4 is 0 Å². The maximum Gasteiger partial charge on any atom is 0.237 e. The Morgan fingerprint density at radius 2 is 2.10 bits per heavy atom. The lowest BCUT2D eigenvalue weighted by Crippen LogP contribution is -2.38. The minimum Gasteiger partial charge on any atom is -0.340 e. The summed E-state index contributed by atoms with van der Waals surface area (Å²) in [5, 5.41) is 0. The Labute approximate surface area is 69.9 Å². The largest absolute Gasteiger partial charge is 0.340 e. The van der Waals surface area contributed by atoms with Gasteiger partial charge < -0.3 is 4.90 Å². The molecular formula is C6H10ClNOS. The van der Waals surface area contributed by atoms with Crippen molar-refractivity contribution in [3.63, 3.8) is 0 Å². The fraction of sp³-hybridized carbons (Fsp3) is 0.833. The first kappa shape index (κ1) is 8.21. The summed E-state index contributed by atoms with van der Waals surface area (Å²) in [5.41, 5.74) is 0. The molecule has 1 aliphatic rings. The highest BCUT2D eigenvalue weighted by Gasteiger charge is 2.14. The van der Waals surface area contributed by atoms with Crippen molar-refractivity contribution < 1.29 is 4.79 Å². The molecule has 0 aromatic rings. The monoisotopic (exact) mass is 179 g/mol. The molecule has 1 saturated heterocycles. The highest BCUT2D eigenvalue weighted by Crippen LogP contribution is 2.09. The van der Waals surface area contributed by atoms with Crippen LogP contribution in [0.3, 0.4) is 0 Å². The van der Waals surface area contributed by atoms with Gasteiger partial charge in [-0.05, 0) is 0 Å². The number of halogens is 1. The third-order valence-electron chi connectivity index (χ3n) is 1.48. The van der Waals surface area contributed by atoms with Gasteiger partial charge in [0.25, 0.3) is 0 Å². The number of carbonyl (C=O) groups excluding carboxylic acids is 1. The van der Waals surface area contributed by atoms with Gasteiger partial charge >= 0.3 is 0 Å². The average Bonchev–Trinajstić information content (AvgIpc) is 2.05. The molecule has 58 valence electrons. The molecule has 0 atom stereocenters. The van der Waals surface area contributed by atoms with Crippen LogP contribution in [-0.2, 0) is 4.79 Å². The van der Waals surface area contributed by atoms with E-state index >= 15 is 0 Å². The van der Waals surface area contributed by atoms with Gasteiger partial charge in [0.1, 0.15) is 5.88 Å². The number of alkyl halides is 1. The maximum atomic E-state index is 11.0. The van der Waals surface area contributed by atoms with Crippen LogP contribution >= 0.6 is 23.4 Å². The second-order valence-corrected chi connectivity index (χ2v) is 3.62. The van der Waals surface area contributed by atoms with Crippen molar-refractivity contribution in [2.45, 2.75) is 0 Å². The van der Waals surface area contributed by atoms with Gasteiger partial charge in [-0.1, -0.05) is 0 Å². The molecule has 0 radical (unpaired) electrons. The Balaban J connectivity index is 2.31. The SMILES string of the molecule is O=C(CCl)N1CCSCC1. The van der Waals surface area contributed by atoms with E-state index in [0.717, 1.165) is 24.6 Å². The molecule has 1 rings (SSSR count). The number of hydrogen-bond acceptors (Lipinski definition) is 2. The number of rotatable bonds is 1. The Morgan fingerprint density at radius 1 is 1.50 bits per heavy atom. The van der Waals surface area contributed by atoms with Gasteiger partial charge in [-0.3, -0.25) is 4.79 Å². The van der Waals surface area contributed by atoms with Crippen molar-refractivity contribution in [2.75, 3.05) is 30.5 Å². The smallest absolute Gasteiger partial charge is 0.237 e. The second kappa shape index (κ2) is 4.09. The van der Waals surface area contributed by atoms with E-state index in [2.05, 4.69) is 0 Å². The summed E-state index contributed by atoms with van der Waals surface area (Å²) in [5.74, 6) is 2.32. The van der Waals surface area contributed by atoms with E-state index in [4.69, 9.17) is 11.6 Å². The average molecular weight is 180 g/mol. The quantitative estimate of drug-likeness (QED) is 0.555. The van der Waals surface area contributed by atoms with Crippen LogP contribution in [0.1, 0.15) is 0 Å². The zero-order valence-electron chi connectivity index (χ0n) is 5.68. The van der Waals surface area contributed by atoms with E-state index in [0.29, 0.717) is 0 Å². The number of carbonyl (C=O) groups is 1. The molecule has 1 amide bonds. The minimum absolute atomic E-state index is 0.0713. The topological polar surface area (TPSA) is 20.3 Å². The summed E-state index contributed by atoms with van der Waals surface area (Å²) in [7, 11) is 0. The Bertz CT molecular complexity index is 125. The van der Waals surface area contributed by atoms with Crippen LogP contribution in [0.25, 0.3) is 0 Å². The van der Waals surface area contributed by atoms with E-state index in [9.17, 15) is 4.79 Å². The van der Waals surface area contributed by atoms with Crippen molar-refractivity contribution in [3.05, 3.63) is 0 Å². The first-order chi connectivity index (χ1) is 4.84. The van der Waals surface area contributed by atoms with Crippen molar-refractivity contribution in [2.24, 2.45) is 0 Å². The zero-order valence-corrected chi connectivity index (χ0v) is 7.25. The van der Waals surface area contributed by atoms with E-state index < -0.39 is 0 Å². The summed E-state index contributed by atoms with van der Waals surface area (Å²) < 4.78 is 0. The molecule has 0 aromatic carbocycles. The molecule has 0 N–H and O–H groups in total. The number of thioether (sulfide) groups is 1. The van der Waals surface area contributed by atoms with Crippen molar-refractivity contribution >= 4 is 29.3 Å². The van der Waals surface area contributed by atoms with Gasteiger partial charge in [0.15, 0.2) is 0 Å². The molecule has 2 nitrogen and oxygen atoms in total. The highest BCUT2D eigenvalue weighted by molar-refractivity contribution is 7.99. The molecule has 10 heavy (non-hydrogen) atoms. The lowest BCUT2D eigenvalue weighted by atomic mass is 10.5. The van der Waals surface area contributed by atoms with Crippen LogP contribution in [0, 0.1) is 0 Å². The Kier molecular flexibility index (Phi) is 3.35. The summed E-state index contributed by atoms with van der Waals surface area (Å²) in [4.78, 5) is 12.8. The van der Waals surface area contributed by atoms with Gasteiger partial charge in [0.05, 0.1) is 0 Å². The molecule has 0 aliphatic carbocycles. The fourth-order valence-electron chi connectivity index (χ4n) is 0.897. The van der Waals surface area contributed by atoms with Gasteiger partial charge in [-0.15, -0.1) is 11.6 Å². The summed E-state index contributed by atoms with van der Waals surface area (Å²) in [6.45, 7) is 1.74. The molecule has 0 unspecified atom stereocenters. The van der Waals surface area contributed by atoms with Crippen LogP contribution in [-0.4, -0.2) is 41.3 Å². The third-order valence-corrected chi connectivity index (χ3v) is 2.65. The molecule has 0 bridgehead atoms.